The van der Waals surface area contributed by atoms with Crippen LogP contribution < -0.4 is 4.72 Å². The molecule has 0 radical (unpaired) electrons. The second-order valence-electron chi connectivity index (χ2n) is 4.34. The first kappa shape index (κ1) is 16.8. The summed E-state index contributed by atoms with van der Waals surface area (Å²) < 4.78 is 71.0. The molecule has 0 saturated heterocycles. The van der Waals surface area contributed by atoms with Crippen molar-refractivity contribution in [3.8, 4) is 0 Å². The molecular formula is C14H10F3NO4S. The molecule has 23 heavy (non-hydrogen) atoms. The minimum atomic E-state index is -4.61. The summed E-state index contributed by atoms with van der Waals surface area (Å²) in [6.45, 7) is 0. The molecule has 0 aromatic heterocycles. The number of anilines is 1. The molecule has 122 valence electrons. The number of methoxy groups -OCH3 is 1. The van der Waals surface area contributed by atoms with E-state index < -0.39 is 43.9 Å². The third kappa shape index (κ3) is 3.45. The zero-order valence-electron chi connectivity index (χ0n) is 11.6. The van der Waals surface area contributed by atoms with Gasteiger partial charge in [-0.3, -0.25) is 4.72 Å². The lowest BCUT2D eigenvalue weighted by Gasteiger charge is -2.11. The fourth-order valence-electron chi connectivity index (χ4n) is 1.80. The lowest BCUT2D eigenvalue weighted by molar-refractivity contribution is 0.0595. The number of ether oxygens (including phenoxy) is 1. The van der Waals surface area contributed by atoms with Gasteiger partial charge in [0.05, 0.1) is 12.7 Å². The van der Waals surface area contributed by atoms with Gasteiger partial charge in [-0.15, -0.1) is 0 Å². The van der Waals surface area contributed by atoms with E-state index in [0.717, 1.165) is 43.5 Å². The summed E-state index contributed by atoms with van der Waals surface area (Å²) in [5, 5.41) is 0. The highest BCUT2D eigenvalue weighted by Gasteiger charge is 2.24. The number of esters is 1. The van der Waals surface area contributed by atoms with E-state index in [-0.39, 0.29) is 5.69 Å². The Morgan fingerprint density at radius 1 is 1.04 bits per heavy atom. The molecule has 0 unspecified atom stereocenters. The standard InChI is InChI=1S/C14H10F3NO4S/c1-22-14(19)9-7-8(5-6-10(9)15)18-23(20,21)13-11(16)3-2-4-12(13)17/h2-7,18H,1H3. The lowest BCUT2D eigenvalue weighted by atomic mass is 10.2. The summed E-state index contributed by atoms with van der Waals surface area (Å²) in [4.78, 5) is 10.2. The van der Waals surface area contributed by atoms with Gasteiger partial charge in [-0.25, -0.2) is 26.4 Å². The van der Waals surface area contributed by atoms with E-state index in [9.17, 15) is 26.4 Å². The quantitative estimate of drug-likeness (QED) is 0.865. The van der Waals surface area contributed by atoms with Crippen LogP contribution in [0.5, 0.6) is 0 Å². The number of hydrogen-bond acceptors (Lipinski definition) is 4. The normalized spacial score (nSPS) is 11.1. The average Bonchev–Trinajstić information content (AvgIpc) is 2.47. The highest BCUT2D eigenvalue weighted by molar-refractivity contribution is 7.92. The van der Waals surface area contributed by atoms with Gasteiger partial charge in [0.2, 0.25) is 0 Å². The Morgan fingerprint density at radius 3 is 2.22 bits per heavy atom. The van der Waals surface area contributed by atoms with Crippen LogP contribution in [0.1, 0.15) is 10.4 Å². The van der Waals surface area contributed by atoms with Crippen LogP contribution in [-0.4, -0.2) is 21.5 Å². The Kier molecular flexibility index (Phi) is 4.60. The highest BCUT2D eigenvalue weighted by atomic mass is 32.2. The van der Waals surface area contributed by atoms with E-state index >= 15 is 0 Å². The van der Waals surface area contributed by atoms with Crippen molar-refractivity contribution in [2.75, 3.05) is 11.8 Å². The third-order valence-corrected chi connectivity index (χ3v) is 4.24. The summed E-state index contributed by atoms with van der Waals surface area (Å²) in [5.74, 6) is -4.53. The van der Waals surface area contributed by atoms with Crippen LogP contribution in [-0.2, 0) is 14.8 Å². The molecule has 0 fully saturated rings. The van der Waals surface area contributed by atoms with Crippen molar-refractivity contribution in [3.05, 3.63) is 59.4 Å². The van der Waals surface area contributed by atoms with E-state index in [1.807, 2.05) is 4.72 Å². The SMILES string of the molecule is COC(=O)c1cc(NS(=O)(=O)c2c(F)cccc2F)ccc1F. The van der Waals surface area contributed by atoms with Gasteiger partial charge in [0.15, 0.2) is 4.90 Å². The summed E-state index contributed by atoms with van der Waals surface area (Å²) in [6, 6.07) is 5.25. The third-order valence-electron chi connectivity index (χ3n) is 2.81. The lowest BCUT2D eigenvalue weighted by Crippen LogP contribution is -2.17. The number of benzene rings is 2. The van der Waals surface area contributed by atoms with Crippen LogP contribution in [0.2, 0.25) is 0 Å². The van der Waals surface area contributed by atoms with Gasteiger partial charge in [0.1, 0.15) is 17.5 Å². The van der Waals surface area contributed by atoms with Crippen LogP contribution in [0, 0.1) is 17.5 Å². The van der Waals surface area contributed by atoms with Crippen molar-refractivity contribution >= 4 is 21.7 Å². The Morgan fingerprint density at radius 2 is 1.65 bits per heavy atom. The molecule has 2 aromatic carbocycles. The Bertz CT molecular complexity index is 848. The van der Waals surface area contributed by atoms with Crippen molar-refractivity contribution in [3.63, 3.8) is 0 Å². The number of hydrogen-bond donors (Lipinski definition) is 1. The number of nitrogens with one attached hydrogen (secondary N) is 1. The minimum absolute atomic E-state index is 0.255. The number of halogens is 3. The molecule has 9 heteroatoms. The molecular weight excluding hydrogens is 335 g/mol. The summed E-state index contributed by atoms with van der Waals surface area (Å²) in [7, 11) is -3.59. The van der Waals surface area contributed by atoms with Crippen LogP contribution >= 0.6 is 0 Å². The molecule has 0 heterocycles. The maximum atomic E-state index is 13.6. The fourth-order valence-corrected chi connectivity index (χ4v) is 2.99. The number of sulfonamides is 1. The first-order chi connectivity index (χ1) is 10.8. The van der Waals surface area contributed by atoms with Gasteiger partial charge in [0.25, 0.3) is 10.0 Å². The second kappa shape index (κ2) is 6.29. The average molecular weight is 345 g/mol. The predicted octanol–water partition coefficient (Wildman–Crippen LogP) is 2.69. The van der Waals surface area contributed by atoms with Crippen LogP contribution in [0.15, 0.2) is 41.3 Å². The molecule has 0 spiro atoms. The fraction of sp³-hybridized carbons (Fsp3) is 0.0714. The van der Waals surface area contributed by atoms with Gasteiger partial charge >= 0.3 is 5.97 Å². The van der Waals surface area contributed by atoms with Gasteiger partial charge < -0.3 is 4.74 Å². The summed E-state index contributed by atoms with van der Waals surface area (Å²) in [5.41, 5.74) is -0.781. The molecule has 2 rings (SSSR count). The van der Waals surface area contributed by atoms with Crippen molar-refractivity contribution in [1.82, 2.24) is 0 Å². The molecule has 0 bridgehead atoms. The topological polar surface area (TPSA) is 72.5 Å². The molecule has 5 nitrogen and oxygen atoms in total. The van der Waals surface area contributed by atoms with E-state index in [0.29, 0.717) is 0 Å². The van der Waals surface area contributed by atoms with Crippen LogP contribution in [0.25, 0.3) is 0 Å². The van der Waals surface area contributed by atoms with Crippen molar-refractivity contribution < 1.29 is 31.1 Å². The van der Waals surface area contributed by atoms with Crippen LogP contribution in [0.4, 0.5) is 18.9 Å². The second-order valence-corrected chi connectivity index (χ2v) is 5.96. The molecule has 2 aromatic rings. The summed E-state index contributed by atoms with van der Waals surface area (Å²) >= 11 is 0. The van der Waals surface area contributed by atoms with Crippen molar-refractivity contribution in [1.29, 1.82) is 0 Å². The monoisotopic (exact) mass is 345 g/mol. The van der Waals surface area contributed by atoms with Gasteiger partial charge in [-0.05, 0) is 30.3 Å². The summed E-state index contributed by atoms with van der Waals surface area (Å²) in [6.07, 6.45) is 0. The zero-order chi connectivity index (χ0) is 17.2. The van der Waals surface area contributed by atoms with Crippen molar-refractivity contribution in [2.24, 2.45) is 0 Å². The molecule has 0 aliphatic carbocycles. The number of carbonyl (C=O) groups excluding carboxylic acids is 1. The smallest absolute Gasteiger partial charge is 0.340 e. The minimum Gasteiger partial charge on any atom is -0.465 e. The Hall–Kier alpha value is -2.55. The molecule has 0 saturated carbocycles. The van der Waals surface area contributed by atoms with E-state index in [1.165, 1.54) is 0 Å². The Balaban J connectivity index is 2.44. The van der Waals surface area contributed by atoms with E-state index in [1.54, 1.807) is 0 Å². The van der Waals surface area contributed by atoms with E-state index in [2.05, 4.69) is 4.74 Å². The van der Waals surface area contributed by atoms with Gasteiger partial charge in [-0.2, -0.15) is 0 Å². The maximum Gasteiger partial charge on any atom is 0.340 e. The molecule has 0 atom stereocenters. The largest absolute Gasteiger partial charge is 0.465 e. The molecule has 0 amide bonds. The first-order valence-electron chi connectivity index (χ1n) is 6.11. The zero-order valence-corrected chi connectivity index (χ0v) is 12.5. The van der Waals surface area contributed by atoms with Crippen LogP contribution in [0.3, 0.4) is 0 Å². The molecule has 0 aliphatic rings. The van der Waals surface area contributed by atoms with Gasteiger partial charge in [0, 0.05) is 5.69 Å². The first-order valence-corrected chi connectivity index (χ1v) is 7.59. The number of carbonyl (C=O) groups is 1. The Labute approximate surface area is 129 Å². The maximum absolute atomic E-state index is 13.6. The van der Waals surface area contributed by atoms with E-state index in [4.69, 9.17) is 0 Å². The van der Waals surface area contributed by atoms with Gasteiger partial charge in [-0.1, -0.05) is 6.07 Å². The predicted molar refractivity (Wildman–Crippen MR) is 74.9 cm³/mol. The highest BCUT2D eigenvalue weighted by Crippen LogP contribution is 2.23. The van der Waals surface area contributed by atoms with Crippen molar-refractivity contribution in [2.45, 2.75) is 4.90 Å². The number of rotatable bonds is 4. The molecule has 0 aliphatic heterocycles. The molecule has 1 N–H and O–H groups in total.